The van der Waals surface area contributed by atoms with Gasteiger partial charge in [0.1, 0.15) is 0 Å². The van der Waals surface area contributed by atoms with E-state index in [0.717, 1.165) is 20.7 Å². The number of thiophene rings is 1. The lowest BCUT2D eigenvalue weighted by Crippen LogP contribution is -1.84. The van der Waals surface area contributed by atoms with E-state index in [2.05, 4.69) is 33.4 Å². The van der Waals surface area contributed by atoms with E-state index >= 15 is 0 Å². The van der Waals surface area contributed by atoms with Crippen molar-refractivity contribution in [3.63, 3.8) is 0 Å². The molecule has 3 aromatic heterocycles. The number of fused-ring (bicyclic) bond motifs is 1. The van der Waals surface area contributed by atoms with Crippen molar-refractivity contribution in [1.29, 1.82) is 0 Å². The van der Waals surface area contributed by atoms with Crippen LogP contribution in [0.3, 0.4) is 0 Å². The minimum atomic E-state index is 0.585. The van der Waals surface area contributed by atoms with Gasteiger partial charge in [-0.05, 0) is 23.6 Å². The molecule has 0 N–H and O–H groups in total. The first-order chi connectivity index (χ1) is 10.9. The number of nitrogens with zero attached hydrogens (tertiary/aromatic N) is 3. The van der Waals surface area contributed by atoms with Gasteiger partial charge in [-0.2, -0.15) is 0 Å². The molecule has 3 heterocycles. The molecule has 0 amide bonds. The Morgan fingerprint density at radius 2 is 2.00 bits per heavy atom. The lowest BCUT2D eigenvalue weighted by Gasteiger charge is -2.03. The SMILES string of the molecule is c1csc(-c2nnc(CSc3cccc4cccnc34)o2)c1. The molecule has 4 rings (SSSR count). The normalized spacial score (nSPS) is 11.1. The summed E-state index contributed by atoms with van der Waals surface area (Å²) in [6.45, 7) is 0. The monoisotopic (exact) mass is 325 g/mol. The minimum absolute atomic E-state index is 0.585. The highest BCUT2D eigenvalue weighted by molar-refractivity contribution is 7.98. The molecule has 108 valence electrons. The molecular formula is C16H11N3OS2. The molecule has 0 aliphatic rings. The number of rotatable bonds is 4. The van der Waals surface area contributed by atoms with E-state index in [0.29, 0.717) is 17.5 Å². The second kappa shape index (κ2) is 5.90. The van der Waals surface area contributed by atoms with Crippen LogP contribution in [0.4, 0.5) is 0 Å². The lowest BCUT2D eigenvalue weighted by atomic mass is 10.2. The van der Waals surface area contributed by atoms with Gasteiger partial charge in [0.2, 0.25) is 5.89 Å². The number of para-hydroxylation sites is 1. The Kier molecular flexibility index (Phi) is 3.62. The first-order valence-electron chi connectivity index (χ1n) is 6.73. The maximum atomic E-state index is 5.71. The second-order valence-corrected chi connectivity index (χ2v) is 6.56. The number of benzene rings is 1. The summed E-state index contributed by atoms with van der Waals surface area (Å²) in [5.41, 5.74) is 1.01. The molecule has 22 heavy (non-hydrogen) atoms. The number of thioether (sulfide) groups is 1. The molecule has 0 atom stereocenters. The summed E-state index contributed by atoms with van der Waals surface area (Å²) in [6, 6.07) is 14.1. The average Bonchev–Trinajstić information content (AvgIpc) is 3.24. The van der Waals surface area contributed by atoms with Crippen LogP contribution < -0.4 is 0 Å². The van der Waals surface area contributed by atoms with Crippen molar-refractivity contribution in [2.24, 2.45) is 0 Å². The highest BCUT2D eigenvalue weighted by atomic mass is 32.2. The highest BCUT2D eigenvalue weighted by Gasteiger charge is 2.10. The quantitative estimate of drug-likeness (QED) is 0.512. The highest BCUT2D eigenvalue weighted by Crippen LogP contribution is 2.30. The third kappa shape index (κ3) is 2.63. The van der Waals surface area contributed by atoms with Gasteiger partial charge in [0, 0.05) is 16.5 Å². The van der Waals surface area contributed by atoms with Crippen molar-refractivity contribution in [3.8, 4) is 10.8 Å². The molecule has 6 heteroatoms. The van der Waals surface area contributed by atoms with Crippen molar-refractivity contribution in [3.05, 3.63) is 59.9 Å². The first kappa shape index (κ1) is 13.5. The first-order valence-corrected chi connectivity index (χ1v) is 8.59. The van der Waals surface area contributed by atoms with Crippen LogP contribution in [-0.4, -0.2) is 15.2 Å². The van der Waals surface area contributed by atoms with Crippen LogP contribution in [-0.2, 0) is 5.75 Å². The van der Waals surface area contributed by atoms with Crippen LogP contribution in [0.5, 0.6) is 0 Å². The molecule has 1 aromatic carbocycles. The largest absolute Gasteiger partial charge is 0.419 e. The summed E-state index contributed by atoms with van der Waals surface area (Å²) in [6.07, 6.45) is 1.81. The van der Waals surface area contributed by atoms with Crippen molar-refractivity contribution < 1.29 is 4.42 Å². The molecule has 0 unspecified atom stereocenters. The molecule has 0 saturated heterocycles. The smallest absolute Gasteiger partial charge is 0.257 e. The van der Waals surface area contributed by atoms with Gasteiger partial charge in [0.05, 0.1) is 16.1 Å². The Bertz CT molecular complexity index is 897. The predicted molar refractivity (Wildman–Crippen MR) is 88.9 cm³/mol. The van der Waals surface area contributed by atoms with Crippen LogP contribution in [0, 0.1) is 0 Å². The zero-order valence-corrected chi connectivity index (χ0v) is 13.1. The van der Waals surface area contributed by atoms with Gasteiger partial charge in [-0.1, -0.05) is 24.3 Å². The number of hydrogen-bond acceptors (Lipinski definition) is 6. The summed E-state index contributed by atoms with van der Waals surface area (Å²) >= 11 is 3.25. The van der Waals surface area contributed by atoms with Gasteiger partial charge in [0.15, 0.2) is 0 Å². The molecule has 0 aliphatic carbocycles. The molecule has 0 radical (unpaired) electrons. The van der Waals surface area contributed by atoms with Crippen molar-refractivity contribution in [2.75, 3.05) is 0 Å². The zero-order chi connectivity index (χ0) is 14.8. The third-order valence-corrected chi connectivity index (χ3v) is 5.04. The van der Waals surface area contributed by atoms with Gasteiger partial charge < -0.3 is 4.42 Å². The molecule has 0 fully saturated rings. The average molecular weight is 325 g/mol. The fourth-order valence-electron chi connectivity index (χ4n) is 2.14. The van der Waals surface area contributed by atoms with Gasteiger partial charge in [-0.15, -0.1) is 33.3 Å². The van der Waals surface area contributed by atoms with E-state index in [9.17, 15) is 0 Å². The van der Waals surface area contributed by atoms with E-state index < -0.39 is 0 Å². The van der Waals surface area contributed by atoms with Gasteiger partial charge in [-0.25, -0.2) is 0 Å². The summed E-state index contributed by atoms with van der Waals surface area (Å²) in [5, 5.41) is 11.3. The standard InChI is InChI=1S/C16H11N3OS2/c1-4-11-5-2-8-17-15(11)12(6-1)22-10-14-18-19-16(20-14)13-7-3-9-21-13/h1-9H,10H2. The third-order valence-electron chi connectivity index (χ3n) is 3.15. The van der Waals surface area contributed by atoms with Crippen molar-refractivity contribution in [1.82, 2.24) is 15.2 Å². The van der Waals surface area contributed by atoms with Crippen molar-refractivity contribution in [2.45, 2.75) is 10.6 Å². The predicted octanol–water partition coefficient (Wildman–Crippen LogP) is 4.64. The summed E-state index contributed by atoms with van der Waals surface area (Å²) in [7, 11) is 0. The Morgan fingerprint density at radius 1 is 1.05 bits per heavy atom. The minimum Gasteiger partial charge on any atom is -0.419 e. The zero-order valence-electron chi connectivity index (χ0n) is 11.5. The van der Waals surface area contributed by atoms with Gasteiger partial charge in [-0.3, -0.25) is 4.98 Å². The Hall–Kier alpha value is -2.18. The molecule has 0 spiro atoms. The van der Waals surface area contributed by atoms with Crippen LogP contribution in [0.1, 0.15) is 5.89 Å². The second-order valence-electron chi connectivity index (χ2n) is 4.60. The topological polar surface area (TPSA) is 51.8 Å². The number of pyridine rings is 1. The lowest BCUT2D eigenvalue weighted by molar-refractivity contribution is 0.529. The van der Waals surface area contributed by atoms with Crippen LogP contribution in [0.15, 0.2) is 63.4 Å². The van der Waals surface area contributed by atoms with Gasteiger partial charge >= 0.3 is 0 Å². The fraction of sp³-hybridized carbons (Fsp3) is 0.0625. The molecule has 4 aromatic rings. The molecule has 0 bridgehead atoms. The van der Waals surface area contributed by atoms with Crippen molar-refractivity contribution >= 4 is 34.0 Å². The fourth-order valence-corrected chi connectivity index (χ4v) is 3.67. The summed E-state index contributed by atoms with van der Waals surface area (Å²) in [5.74, 6) is 1.84. The maximum Gasteiger partial charge on any atom is 0.257 e. The molecule has 4 nitrogen and oxygen atoms in total. The Balaban J connectivity index is 1.55. The van der Waals surface area contributed by atoms with Crippen LogP contribution >= 0.6 is 23.1 Å². The van der Waals surface area contributed by atoms with E-state index in [-0.39, 0.29) is 0 Å². The Morgan fingerprint density at radius 3 is 2.91 bits per heavy atom. The maximum absolute atomic E-state index is 5.71. The number of aromatic nitrogens is 3. The van der Waals surface area contributed by atoms with E-state index in [1.807, 2.05) is 35.8 Å². The van der Waals surface area contributed by atoms with E-state index in [4.69, 9.17) is 4.42 Å². The number of hydrogen-bond donors (Lipinski definition) is 0. The Labute approximate surface area is 135 Å². The van der Waals surface area contributed by atoms with E-state index in [1.54, 1.807) is 23.1 Å². The van der Waals surface area contributed by atoms with Crippen LogP contribution in [0.2, 0.25) is 0 Å². The summed E-state index contributed by atoms with van der Waals surface area (Å²) < 4.78 is 5.71. The molecule has 0 saturated carbocycles. The summed E-state index contributed by atoms with van der Waals surface area (Å²) in [4.78, 5) is 6.57. The van der Waals surface area contributed by atoms with Crippen LogP contribution in [0.25, 0.3) is 21.7 Å². The molecule has 0 aliphatic heterocycles. The van der Waals surface area contributed by atoms with Gasteiger partial charge in [0.25, 0.3) is 5.89 Å². The van der Waals surface area contributed by atoms with E-state index in [1.165, 1.54) is 0 Å². The molecular weight excluding hydrogens is 314 g/mol.